The molecule has 1 rings (SSSR count). The van der Waals surface area contributed by atoms with Gasteiger partial charge < -0.3 is 25.4 Å². The maximum absolute atomic E-state index is 12.8. The molecule has 1 aromatic carbocycles. The molecule has 0 saturated heterocycles. The molecule has 1 aromatic rings. The van der Waals surface area contributed by atoms with Gasteiger partial charge in [-0.15, -0.1) is 0 Å². The van der Waals surface area contributed by atoms with Gasteiger partial charge in [-0.1, -0.05) is 0 Å². The van der Waals surface area contributed by atoms with Gasteiger partial charge in [-0.05, 0) is 31.2 Å². The molecule has 0 radical (unpaired) electrons. The van der Waals surface area contributed by atoms with Crippen LogP contribution >= 0.6 is 0 Å². The molecule has 0 bridgehead atoms. The van der Waals surface area contributed by atoms with Crippen LogP contribution in [0.5, 0.6) is 5.75 Å². The number of carbonyl (C=O) groups is 1. The topological polar surface area (TPSA) is 84.0 Å². The summed E-state index contributed by atoms with van der Waals surface area (Å²) in [7, 11) is 3.19. The van der Waals surface area contributed by atoms with Crippen molar-refractivity contribution in [2.24, 2.45) is 4.99 Å². The molecule has 1 unspecified atom stereocenters. The number of nitrogens with zero attached hydrogens (tertiary/aromatic N) is 1. The molecule has 0 saturated carbocycles. The second-order valence-corrected chi connectivity index (χ2v) is 5.03. The van der Waals surface area contributed by atoms with E-state index in [4.69, 9.17) is 9.47 Å². The zero-order valence-corrected chi connectivity index (χ0v) is 14.3. The van der Waals surface area contributed by atoms with E-state index in [0.717, 1.165) is 0 Å². The Kier molecular flexibility index (Phi) is 9.21. The number of hydrogen-bond acceptors (Lipinski definition) is 4. The molecule has 7 nitrogen and oxygen atoms in total. The van der Waals surface area contributed by atoms with Gasteiger partial charge in [0, 0.05) is 20.7 Å². The standard InChI is InChI=1S/C16H25FN4O3/c1-12(24-14-6-4-13(17)5-7-14)10-20-16(18-2)21-11-15(22)19-8-9-23-3/h4-7,12H,8-11H2,1-3H3,(H,19,22)(H2,18,20,21). The zero-order valence-electron chi connectivity index (χ0n) is 14.3. The number of rotatable bonds is 9. The highest BCUT2D eigenvalue weighted by atomic mass is 19.1. The number of halogens is 1. The van der Waals surface area contributed by atoms with Crippen LogP contribution in [0.1, 0.15) is 6.92 Å². The normalized spacial score (nSPS) is 12.4. The lowest BCUT2D eigenvalue weighted by molar-refractivity contribution is -0.120. The average Bonchev–Trinajstić information content (AvgIpc) is 2.57. The number of aliphatic imine (C=N–C) groups is 1. The molecule has 1 atom stereocenters. The summed E-state index contributed by atoms with van der Waals surface area (Å²) in [4.78, 5) is 15.6. The predicted octanol–water partition coefficient (Wildman–Crippen LogP) is 0.521. The Hall–Kier alpha value is -2.35. The van der Waals surface area contributed by atoms with E-state index in [2.05, 4.69) is 20.9 Å². The highest BCUT2D eigenvalue weighted by Gasteiger charge is 2.07. The third-order valence-corrected chi connectivity index (χ3v) is 2.98. The number of benzene rings is 1. The molecular formula is C16H25FN4O3. The van der Waals surface area contributed by atoms with E-state index in [9.17, 15) is 9.18 Å². The van der Waals surface area contributed by atoms with E-state index < -0.39 is 0 Å². The summed E-state index contributed by atoms with van der Waals surface area (Å²) in [6, 6.07) is 5.84. The van der Waals surface area contributed by atoms with E-state index in [1.807, 2.05) is 6.92 Å². The van der Waals surface area contributed by atoms with Gasteiger partial charge in [-0.25, -0.2) is 4.39 Å². The molecule has 0 fully saturated rings. The average molecular weight is 340 g/mol. The van der Waals surface area contributed by atoms with E-state index in [-0.39, 0.29) is 24.4 Å². The Bertz CT molecular complexity index is 523. The third kappa shape index (κ3) is 8.33. The summed E-state index contributed by atoms with van der Waals surface area (Å²) in [5.74, 6) is 0.629. The summed E-state index contributed by atoms with van der Waals surface area (Å²) in [5, 5.41) is 8.66. The summed E-state index contributed by atoms with van der Waals surface area (Å²) < 4.78 is 23.3. The summed E-state index contributed by atoms with van der Waals surface area (Å²) in [5.41, 5.74) is 0. The number of carbonyl (C=O) groups excluding carboxylic acids is 1. The van der Waals surface area contributed by atoms with Crippen LogP contribution in [0.3, 0.4) is 0 Å². The Morgan fingerprint density at radius 1 is 1.25 bits per heavy atom. The monoisotopic (exact) mass is 340 g/mol. The van der Waals surface area contributed by atoms with Crippen molar-refractivity contribution in [1.82, 2.24) is 16.0 Å². The van der Waals surface area contributed by atoms with Crippen molar-refractivity contribution in [1.29, 1.82) is 0 Å². The van der Waals surface area contributed by atoms with Crippen LogP contribution in [-0.2, 0) is 9.53 Å². The quantitative estimate of drug-likeness (QED) is 0.347. The number of nitrogens with one attached hydrogen (secondary N) is 3. The molecule has 3 N–H and O–H groups in total. The van der Waals surface area contributed by atoms with Gasteiger partial charge in [0.05, 0.1) is 19.7 Å². The molecule has 24 heavy (non-hydrogen) atoms. The fourth-order valence-corrected chi connectivity index (χ4v) is 1.77. The number of guanidine groups is 1. The van der Waals surface area contributed by atoms with Gasteiger partial charge >= 0.3 is 0 Å². The third-order valence-electron chi connectivity index (χ3n) is 2.98. The maximum Gasteiger partial charge on any atom is 0.239 e. The fraction of sp³-hybridized carbons (Fsp3) is 0.500. The van der Waals surface area contributed by atoms with E-state index in [0.29, 0.717) is 31.4 Å². The Labute approximate surface area is 141 Å². The minimum absolute atomic E-state index is 0.108. The van der Waals surface area contributed by atoms with Crippen molar-refractivity contribution >= 4 is 11.9 Å². The molecular weight excluding hydrogens is 315 g/mol. The molecule has 0 spiro atoms. The van der Waals surface area contributed by atoms with Crippen LogP contribution in [0.4, 0.5) is 4.39 Å². The van der Waals surface area contributed by atoms with Crippen molar-refractivity contribution < 1.29 is 18.7 Å². The van der Waals surface area contributed by atoms with Crippen LogP contribution in [-0.4, -0.2) is 58.4 Å². The van der Waals surface area contributed by atoms with Crippen molar-refractivity contribution in [3.05, 3.63) is 30.1 Å². The molecule has 0 aliphatic carbocycles. The van der Waals surface area contributed by atoms with Crippen molar-refractivity contribution in [3.63, 3.8) is 0 Å². The Morgan fingerprint density at radius 3 is 2.58 bits per heavy atom. The lowest BCUT2D eigenvalue weighted by Crippen LogP contribution is -2.45. The Balaban J connectivity index is 2.27. The van der Waals surface area contributed by atoms with Crippen LogP contribution in [0, 0.1) is 5.82 Å². The van der Waals surface area contributed by atoms with Gasteiger partial charge in [0.2, 0.25) is 5.91 Å². The first-order chi connectivity index (χ1) is 11.5. The zero-order chi connectivity index (χ0) is 17.8. The van der Waals surface area contributed by atoms with E-state index in [1.54, 1.807) is 26.3 Å². The summed E-state index contributed by atoms with van der Waals surface area (Å²) in [6.07, 6.45) is -0.162. The van der Waals surface area contributed by atoms with Crippen molar-refractivity contribution in [2.75, 3.05) is 40.4 Å². The number of ether oxygens (including phenoxy) is 2. The van der Waals surface area contributed by atoms with Crippen LogP contribution in [0.2, 0.25) is 0 Å². The van der Waals surface area contributed by atoms with Gasteiger partial charge in [-0.2, -0.15) is 0 Å². The minimum atomic E-state index is -0.304. The lowest BCUT2D eigenvalue weighted by atomic mass is 10.3. The molecule has 0 aliphatic heterocycles. The number of hydrogen-bond donors (Lipinski definition) is 3. The highest BCUT2D eigenvalue weighted by molar-refractivity contribution is 5.86. The first-order valence-corrected chi connectivity index (χ1v) is 7.67. The van der Waals surface area contributed by atoms with Gasteiger partial charge in [-0.3, -0.25) is 9.79 Å². The molecule has 1 amide bonds. The molecule has 134 valence electrons. The van der Waals surface area contributed by atoms with Crippen LogP contribution in [0.15, 0.2) is 29.3 Å². The molecule has 0 aliphatic rings. The second-order valence-electron chi connectivity index (χ2n) is 5.03. The van der Waals surface area contributed by atoms with E-state index in [1.165, 1.54) is 12.1 Å². The smallest absolute Gasteiger partial charge is 0.239 e. The SMILES string of the molecule is CN=C(NCC(=O)NCCOC)NCC(C)Oc1ccc(F)cc1. The Morgan fingerprint density at radius 2 is 1.96 bits per heavy atom. The maximum atomic E-state index is 12.8. The van der Waals surface area contributed by atoms with Gasteiger partial charge in [0.15, 0.2) is 5.96 Å². The highest BCUT2D eigenvalue weighted by Crippen LogP contribution is 2.12. The van der Waals surface area contributed by atoms with Crippen LogP contribution in [0.25, 0.3) is 0 Å². The fourth-order valence-electron chi connectivity index (χ4n) is 1.77. The van der Waals surface area contributed by atoms with Crippen molar-refractivity contribution in [2.45, 2.75) is 13.0 Å². The predicted molar refractivity (Wildman–Crippen MR) is 90.7 cm³/mol. The number of amides is 1. The first-order valence-electron chi connectivity index (χ1n) is 7.67. The minimum Gasteiger partial charge on any atom is -0.489 e. The second kappa shape index (κ2) is 11.2. The molecule has 0 aromatic heterocycles. The van der Waals surface area contributed by atoms with Crippen LogP contribution < -0.4 is 20.7 Å². The van der Waals surface area contributed by atoms with Crippen molar-refractivity contribution in [3.8, 4) is 5.75 Å². The summed E-state index contributed by atoms with van der Waals surface area (Å²) in [6.45, 7) is 3.39. The number of methoxy groups -OCH3 is 1. The molecule has 8 heteroatoms. The first kappa shape index (κ1) is 19.7. The largest absolute Gasteiger partial charge is 0.489 e. The lowest BCUT2D eigenvalue weighted by Gasteiger charge is -2.17. The summed E-state index contributed by atoms with van der Waals surface area (Å²) >= 11 is 0. The van der Waals surface area contributed by atoms with E-state index >= 15 is 0 Å². The molecule has 0 heterocycles. The van der Waals surface area contributed by atoms with Gasteiger partial charge in [0.25, 0.3) is 0 Å². The van der Waals surface area contributed by atoms with Gasteiger partial charge in [0.1, 0.15) is 17.7 Å².